The minimum Gasteiger partial charge on any atom is -0.469 e. The van der Waals surface area contributed by atoms with Gasteiger partial charge in [-0.1, -0.05) is 12.1 Å². The molecule has 0 aliphatic rings. The molecule has 0 saturated heterocycles. The van der Waals surface area contributed by atoms with Crippen LogP contribution in [0.5, 0.6) is 5.75 Å². The molecule has 0 aliphatic heterocycles. The molecule has 0 fully saturated rings. The number of aryl methyl sites for hydroxylation is 1. The smallest absolute Gasteiger partial charge is 0.341 e. The van der Waals surface area contributed by atoms with E-state index in [1.54, 1.807) is 18.2 Å². The second-order valence-corrected chi connectivity index (χ2v) is 4.66. The number of benzene rings is 1. The SMILES string of the molecule is COC(=O)CCCCc1cccc(C(=O)OC)c1OC(C)=O. The number of ether oxygens (including phenoxy) is 3. The molecular weight excluding hydrogens is 288 g/mol. The molecular formula is C16H20O6. The molecule has 6 nitrogen and oxygen atoms in total. The first-order chi connectivity index (χ1) is 10.5. The van der Waals surface area contributed by atoms with Crippen molar-refractivity contribution in [3.63, 3.8) is 0 Å². The van der Waals surface area contributed by atoms with Gasteiger partial charge in [0.05, 0.1) is 14.2 Å². The molecule has 0 radical (unpaired) electrons. The number of carbonyl (C=O) groups is 3. The van der Waals surface area contributed by atoms with E-state index in [0.29, 0.717) is 25.7 Å². The number of unbranched alkanes of at least 4 members (excludes halogenated alkanes) is 1. The van der Waals surface area contributed by atoms with E-state index in [1.807, 2.05) is 0 Å². The molecule has 1 rings (SSSR count). The third kappa shape index (κ3) is 5.20. The highest BCUT2D eigenvalue weighted by atomic mass is 16.5. The zero-order valence-corrected chi connectivity index (χ0v) is 13.0. The van der Waals surface area contributed by atoms with Crippen LogP contribution in [0.1, 0.15) is 42.1 Å². The first kappa shape index (κ1) is 17.7. The minimum absolute atomic E-state index is 0.211. The lowest BCUT2D eigenvalue weighted by molar-refractivity contribution is -0.140. The second kappa shape index (κ2) is 8.81. The Kier molecular flexibility index (Phi) is 7.08. The van der Waals surface area contributed by atoms with Crippen LogP contribution in [0.15, 0.2) is 18.2 Å². The first-order valence-corrected chi connectivity index (χ1v) is 6.95. The lowest BCUT2D eigenvalue weighted by Crippen LogP contribution is -2.11. The Hall–Kier alpha value is -2.37. The van der Waals surface area contributed by atoms with Crippen molar-refractivity contribution in [2.45, 2.75) is 32.6 Å². The Morgan fingerprint density at radius 1 is 1.05 bits per heavy atom. The molecule has 0 atom stereocenters. The number of para-hydroxylation sites is 1. The summed E-state index contributed by atoms with van der Waals surface area (Å²) in [5, 5.41) is 0. The van der Waals surface area contributed by atoms with Gasteiger partial charge in [-0.15, -0.1) is 0 Å². The number of esters is 3. The van der Waals surface area contributed by atoms with Crippen LogP contribution in [0.2, 0.25) is 0 Å². The molecule has 6 heteroatoms. The van der Waals surface area contributed by atoms with Crippen LogP contribution in [0.3, 0.4) is 0 Å². The molecule has 0 saturated carbocycles. The van der Waals surface area contributed by atoms with Crippen molar-refractivity contribution in [1.29, 1.82) is 0 Å². The molecule has 0 N–H and O–H groups in total. The van der Waals surface area contributed by atoms with E-state index in [-0.39, 0.29) is 17.3 Å². The fourth-order valence-corrected chi connectivity index (χ4v) is 2.00. The van der Waals surface area contributed by atoms with Crippen molar-refractivity contribution in [3.8, 4) is 5.75 Å². The summed E-state index contributed by atoms with van der Waals surface area (Å²) in [5.41, 5.74) is 0.936. The van der Waals surface area contributed by atoms with Crippen molar-refractivity contribution in [1.82, 2.24) is 0 Å². The number of rotatable bonds is 7. The second-order valence-electron chi connectivity index (χ2n) is 4.66. The Morgan fingerprint density at radius 3 is 2.36 bits per heavy atom. The summed E-state index contributed by atoms with van der Waals surface area (Å²) in [6, 6.07) is 5.03. The van der Waals surface area contributed by atoms with Crippen LogP contribution >= 0.6 is 0 Å². The zero-order chi connectivity index (χ0) is 16.5. The topological polar surface area (TPSA) is 78.9 Å². The van der Waals surface area contributed by atoms with Gasteiger partial charge in [-0.3, -0.25) is 9.59 Å². The maximum absolute atomic E-state index is 11.8. The highest BCUT2D eigenvalue weighted by Crippen LogP contribution is 2.27. The Balaban J connectivity index is 2.86. The average molecular weight is 308 g/mol. The molecule has 0 spiro atoms. The maximum atomic E-state index is 11.8. The van der Waals surface area contributed by atoms with Gasteiger partial charge in [0.25, 0.3) is 0 Å². The average Bonchev–Trinajstić information content (AvgIpc) is 2.51. The van der Waals surface area contributed by atoms with Crippen LogP contribution in [-0.4, -0.2) is 32.1 Å². The summed E-state index contributed by atoms with van der Waals surface area (Å²) in [6.07, 6.45) is 2.25. The van der Waals surface area contributed by atoms with Crippen LogP contribution in [-0.2, 0) is 25.5 Å². The van der Waals surface area contributed by atoms with E-state index in [0.717, 1.165) is 5.56 Å². The largest absolute Gasteiger partial charge is 0.469 e. The molecule has 0 aromatic heterocycles. The molecule has 0 heterocycles. The molecule has 120 valence electrons. The first-order valence-electron chi connectivity index (χ1n) is 6.95. The Bertz CT molecular complexity index is 550. The standard InChI is InChI=1S/C16H20O6/c1-11(17)22-15-12(7-4-5-10-14(18)20-2)8-6-9-13(15)16(19)21-3/h6,8-9H,4-5,7,10H2,1-3H3. The normalized spacial score (nSPS) is 9.95. The van der Waals surface area contributed by atoms with Gasteiger partial charge in [0.2, 0.25) is 0 Å². The number of methoxy groups -OCH3 is 2. The van der Waals surface area contributed by atoms with Crippen molar-refractivity contribution in [2.24, 2.45) is 0 Å². The van der Waals surface area contributed by atoms with E-state index >= 15 is 0 Å². The fraction of sp³-hybridized carbons (Fsp3) is 0.438. The summed E-state index contributed by atoms with van der Waals surface area (Å²) in [6.45, 7) is 1.27. The van der Waals surface area contributed by atoms with Crippen LogP contribution in [0.25, 0.3) is 0 Å². The predicted molar refractivity (Wildman–Crippen MR) is 78.7 cm³/mol. The van der Waals surface area contributed by atoms with Gasteiger partial charge in [0.1, 0.15) is 11.3 Å². The van der Waals surface area contributed by atoms with Crippen LogP contribution in [0.4, 0.5) is 0 Å². The van der Waals surface area contributed by atoms with Gasteiger partial charge in [-0.25, -0.2) is 4.79 Å². The number of hydrogen-bond donors (Lipinski definition) is 0. The summed E-state index contributed by atoms with van der Waals surface area (Å²) in [7, 11) is 2.61. The van der Waals surface area contributed by atoms with Crippen molar-refractivity contribution >= 4 is 17.9 Å². The summed E-state index contributed by atoms with van der Waals surface area (Å²) in [4.78, 5) is 34.1. The third-order valence-electron chi connectivity index (χ3n) is 3.05. The minimum atomic E-state index is -0.562. The number of carbonyl (C=O) groups excluding carboxylic acids is 3. The van der Waals surface area contributed by atoms with Crippen molar-refractivity contribution in [3.05, 3.63) is 29.3 Å². The monoisotopic (exact) mass is 308 g/mol. The quantitative estimate of drug-likeness (QED) is 0.437. The van der Waals surface area contributed by atoms with Crippen LogP contribution < -0.4 is 4.74 Å². The van der Waals surface area contributed by atoms with Gasteiger partial charge in [-0.05, 0) is 30.9 Å². The Morgan fingerprint density at radius 2 is 1.77 bits per heavy atom. The van der Waals surface area contributed by atoms with Crippen molar-refractivity contribution < 1.29 is 28.6 Å². The fourth-order valence-electron chi connectivity index (χ4n) is 2.00. The molecule has 1 aromatic carbocycles. The molecule has 0 aliphatic carbocycles. The van der Waals surface area contributed by atoms with Gasteiger partial charge >= 0.3 is 17.9 Å². The van der Waals surface area contributed by atoms with Gasteiger partial charge in [0.15, 0.2) is 0 Å². The lowest BCUT2D eigenvalue weighted by atomic mass is 10.0. The molecule has 1 aromatic rings. The molecule has 0 amide bonds. The van der Waals surface area contributed by atoms with E-state index in [1.165, 1.54) is 21.1 Å². The molecule has 0 bridgehead atoms. The van der Waals surface area contributed by atoms with E-state index in [9.17, 15) is 14.4 Å². The summed E-state index contributed by atoms with van der Waals surface area (Å²) < 4.78 is 14.4. The predicted octanol–water partition coefficient (Wildman–Crippen LogP) is 2.28. The highest BCUT2D eigenvalue weighted by molar-refractivity contribution is 5.94. The zero-order valence-electron chi connectivity index (χ0n) is 13.0. The summed E-state index contributed by atoms with van der Waals surface area (Å²) >= 11 is 0. The third-order valence-corrected chi connectivity index (χ3v) is 3.05. The summed E-state index contributed by atoms with van der Waals surface area (Å²) in [5.74, 6) is -1.11. The van der Waals surface area contributed by atoms with Gasteiger partial charge in [-0.2, -0.15) is 0 Å². The lowest BCUT2D eigenvalue weighted by Gasteiger charge is -2.12. The Labute approximate surface area is 129 Å². The molecule has 0 unspecified atom stereocenters. The van der Waals surface area contributed by atoms with Gasteiger partial charge in [0, 0.05) is 13.3 Å². The number of hydrogen-bond acceptors (Lipinski definition) is 6. The van der Waals surface area contributed by atoms with Gasteiger partial charge < -0.3 is 14.2 Å². The highest BCUT2D eigenvalue weighted by Gasteiger charge is 2.18. The maximum Gasteiger partial charge on any atom is 0.341 e. The molecule has 22 heavy (non-hydrogen) atoms. The van der Waals surface area contributed by atoms with Crippen molar-refractivity contribution in [2.75, 3.05) is 14.2 Å². The van der Waals surface area contributed by atoms with Crippen LogP contribution in [0, 0.1) is 0 Å². The van der Waals surface area contributed by atoms with E-state index in [2.05, 4.69) is 4.74 Å². The van der Waals surface area contributed by atoms with E-state index in [4.69, 9.17) is 9.47 Å². The van der Waals surface area contributed by atoms with E-state index < -0.39 is 11.9 Å².